The van der Waals surface area contributed by atoms with Crippen molar-refractivity contribution in [3.05, 3.63) is 35.6 Å². The molecular weight excluding hydrogens is 196 g/mol. The Labute approximate surface area is 85.5 Å². The van der Waals surface area contributed by atoms with E-state index >= 15 is 0 Å². The van der Waals surface area contributed by atoms with E-state index in [2.05, 4.69) is 9.97 Å². The first kappa shape index (κ1) is 9.02. The maximum Gasteiger partial charge on any atom is 0.125 e. The van der Waals surface area contributed by atoms with Crippen molar-refractivity contribution in [3.63, 3.8) is 0 Å². The summed E-state index contributed by atoms with van der Waals surface area (Å²) in [5, 5.41) is 0.934. The van der Waals surface area contributed by atoms with Gasteiger partial charge in [-0.25, -0.2) is 4.98 Å². The summed E-state index contributed by atoms with van der Waals surface area (Å²) in [6.45, 7) is 0. The number of thiazole rings is 1. The second kappa shape index (κ2) is 4.11. The van der Waals surface area contributed by atoms with E-state index in [1.807, 2.05) is 12.1 Å². The zero-order valence-electron chi connectivity index (χ0n) is 7.38. The Morgan fingerprint density at radius 1 is 1.36 bits per heavy atom. The van der Waals surface area contributed by atoms with Gasteiger partial charge in [0.2, 0.25) is 0 Å². The molecule has 0 radical (unpaired) electrons. The molecule has 0 aliphatic rings. The molecule has 2 heterocycles. The molecule has 70 valence electrons. The Morgan fingerprint density at radius 2 is 2.14 bits per heavy atom. The van der Waals surface area contributed by atoms with Crippen molar-refractivity contribution in [2.24, 2.45) is 0 Å². The van der Waals surface area contributed by atoms with Gasteiger partial charge in [0.15, 0.2) is 0 Å². The van der Waals surface area contributed by atoms with Gasteiger partial charge in [-0.2, -0.15) is 0 Å². The predicted molar refractivity (Wildman–Crippen MR) is 55.1 cm³/mol. The lowest BCUT2D eigenvalue weighted by Crippen LogP contribution is -1.76. The molecule has 2 aromatic rings. The first-order chi connectivity index (χ1) is 6.90. The third kappa shape index (κ3) is 1.85. The van der Waals surface area contributed by atoms with Crippen molar-refractivity contribution in [1.29, 1.82) is 0 Å². The van der Waals surface area contributed by atoms with Crippen molar-refractivity contribution in [1.82, 2.24) is 9.97 Å². The molecule has 2 rings (SSSR count). The minimum Gasteiger partial charge on any atom is -0.303 e. The van der Waals surface area contributed by atoms with Crippen LogP contribution in [0, 0.1) is 0 Å². The average molecular weight is 204 g/mol. The SMILES string of the molecule is O=CCc1cnc(-c2ccncc2)s1. The lowest BCUT2D eigenvalue weighted by molar-refractivity contribution is -0.107. The number of hydrogen-bond acceptors (Lipinski definition) is 4. The van der Waals surface area contributed by atoms with E-state index < -0.39 is 0 Å². The van der Waals surface area contributed by atoms with E-state index in [0.717, 1.165) is 21.7 Å². The summed E-state index contributed by atoms with van der Waals surface area (Å²) < 4.78 is 0. The van der Waals surface area contributed by atoms with Crippen molar-refractivity contribution in [3.8, 4) is 10.6 Å². The number of rotatable bonds is 3. The smallest absolute Gasteiger partial charge is 0.125 e. The average Bonchev–Trinajstić information content (AvgIpc) is 2.68. The van der Waals surface area contributed by atoms with Crippen molar-refractivity contribution in [2.75, 3.05) is 0 Å². The third-order valence-electron chi connectivity index (χ3n) is 1.77. The maximum atomic E-state index is 10.3. The van der Waals surface area contributed by atoms with Gasteiger partial charge in [0, 0.05) is 35.5 Å². The van der Waals surface area contributed by atoms with E-state index in [9.17, 15) is 4.79 Å². The molecule has 0 atom stereocenters. The zero-order valence-corrected chi connectivity index (χ0v) is 8.20. The summed E-state index contributed by atoms with van der Waals surface area (Å²) in [5.74, 6) is 0. The monoisotopic (exact) mass is 204 g/mol. The Morgan fingerprint density at radius 3 is 2.86 bits per heavy atom. The van der Waals surface area contributed by atoms with Crippen LogP contribution in [-0.4, -0.2) is 16.3 Å². The van der Waals surface area contributed by atoms with Crippen LogP contribution in [0.1, 0.15) is 4.88 Å². The molecule has 2 aromatic heterocycles. The van der Waals surface area contributed by atoms with E-state index in [4.69, 9.17) is 0 Å². The number of pyridine rings is 1. The zero-order chi connectivity index (χ0) is 9.80. The van der Waals surface area contributed by atoms with Crippen LogP contribution in [0.4, 0.5) is 0 Å². The summed E-state index contributed by atoms with van der Waals surface area (Å²) in [6, 6.07) is 3.81. The van der Waals surface area contributed by atoms with Crippen LogP contribution in [0.5, 0.6) is 0 Å². The van der Waals surface area contributed by atoms with E-state index in [1.165, 1.54) is 0 Å². The van der Waals surface area contributed by atoms with Crippen LogP contribution in [0.2, 0.25) is 0 Å². The molecule has 0 amide bonds. The summed E-state index contributed by atoms with van der Waals surface area (Å²) in [4.78, 5) is 19.5. The van der Waals surface area contributed by atoms with Gasteiger partial charge in [-0.05, 0) is 12.1 Å². The molecule has 0 aromatic carbocycles. The minimum atomic E-state index is 0.447. The number of hydrogen-bond donors (Lipinski definition) is 0. The quantitative estimate of drug-likeness (QED) is 0.718. The van der Waals surface area contributed by atoms with Gasteiger partial charge >= 0.3 is 0 Å². The first-order valence-corrected chi connectivity index (χ1v) is 5.00. The highest BCUT2D eigenvalue weighted by Crippen LogP contribution is 2.24. The van der Waals surface area contributed by atoms with Crippen LogP contribution in [0.15, 0.2) is 30.7 Å². The molecular formula is C10H8N2OS. The first-order valence-electron chi connectivity index (χ1n) is 4.19. The van der Waals surface area contributed by atoms with Crippen LogP contribution in [0.3, 0.4) is 0 Å². The van der Waals surface area contributed by atoms with Gasteiger partial charge in [-0.15, -0.1) is 11.3 Å². The molecule has 0 spiro atoms. The van der Waals surface area contributed by atoms with Crippen LogP contribution in [-0.2, 0) is 11.2 Å². The van der Waals surface area contributed by atoms with Gasteiger partial charge in [-0.1, -0.05) is 0 Å². The Bertz CT molecular complexity index is 425. The van der Waals surface area contributed by atoms with Crippen LogP contribution >= 0.6 is 11.3 Å². The molecule has 0 unspecified atom stereocenters. The molecule has 4 heteroatoms. The van der Waals surface area contributed by atoms with Crippen LogP contribution < -0.4 is 0 Å². The summed E-state index contributed by atoms with van der Waals surface area (Å²) >= 11 is 1.54. The number of carbonyl (C=O) groups is 1. The van der Waals surface area contributed by atoms with E-state index in [0.29, 0.717) is 6.42 Å². The minimum absolute atomic E-state index is 0.447. The molecule has 0 fully saturated rings. The third-order valence-corrected chi connectivity index (χ3v) is 2.83. The lowest BCUT2D eigenvalue weighted by Gasteiger charge is -1.92. The van der Waals surface area contributed by atoms with Crippen molar-refractivity contribution < 1.29 is 4.79 Å². The largest absolute Gasteiger partial charge is 0.303 e. The van der Waals surface area contributed by atoms with Gasteiger partial charge in [0.1, 0.15) is 11.3 Å². The Balaban J connectivity index is 2.29. The number of nitrogens with zero attached hydrogens (tertiary/aromatic N) is 2. The van der Waals surface area contributed by atoms with Gasteiger partial charge in [0.25, 0.3) is 0 Å². The number of aromatic nitrogens is 2. The lowest BCUT2D eigenvalue weighted by atomic mass is 10.3. The van der Waals surface area contributed by atoms with E-state index in [1.54, 1.807) is 29.9 Å². The predicted octanol–water partition coefficient (Wildman–Crippen LogP) is 1.95. The van der Waals surface area contributed by atoms with Crippen molar-refractivity contribution in [2.45, 2.75) is 6.42 Å². The molecule has 0 saturated carbocycles. The normalized spacial score (nSPS) is 10.0. The number of carbonyl (C=O) groups excluding carboxylic acids is 1. The highest BCUT2D eigenvalue weighted by Gasteiger charge is 2.03. The summed E-state index contributed by atoms with van der Waals surface area (Å²) in [7, 11) is 0. The maximum absolute atomic E-state index is 10.3. The van der Waals surface area contributed by atoms with Gasteiger partial charge < -0.3 is 4.79 Å². The van der Waals surface area contributed by atoms with E-state index in [-0.39, 0.29) is 0 Å². The fraction of sp³-hybridized carbons (Fsp3) is 0.100. The molecule has 0 saturated heterocycles. The molecule has 0 bridgehead atoms. The van der Waals surface area contributed by atoms with Gasteiger partial charge in [-0.3, -0.25) is 4.98 Å². The van der Waals surface area contributed by atoms with Gasteiger partial charge in [0.05, 0.1) is 0 Å². The number of aldehydes is 1. The standard InChI is InChI=1S/C10H8N2OS/c13-6-3-9-7-12-10(14-9)8-1-4-11-5-2-8/h1-2,4-7H,3H2. The molecule has 3 nitrogen and oxygen atoms in total. The molecule has 0 aliphatic carbocycles. The van der Waals surface area contributed by atoms with Crippen molar-refractivity contribution >= 4 is 17.6 Å². The van der Waals surface area contributed by atoms with Crippen LogP contribution in [0.25, 0.3) is 10.6 Å². The highest BCUT2D eigenvalue weighted by atomic mass is 32.1. The fourth-order valence-electron chi connectivity index (χ4n) is 1.11. The summed E-state index contributed by atoms with van der Waals surface area (Å²) in [6.07, 6.45) is 6.55. The second-order valence-electron chi connectivity index (χ2n) is 2.74. The topological polar surface area (TPSA) is 42.9 Å². The second-order valence-corrected chi connectivity index (χ2v) is 3.85. The Kier molecular flexibility index (Phi) is 2.65. The molecule has 14 heavy (non-hydrogen) atoms. The Hall–Kier alpha value is -1.55. The molecule has 0 aliphatic heterocycles. The molecule has 0 N–H and O–H groups in total. The summed E-state index contributed by atoms with van der Waals surface area (Å²) in [5.41, 5.74) is 1.04. The highest BCUT2D eigenvalue weighted by molar-refractivity contribution is 7.15. The fourth-order valence-corrected chi connectivity index (χ4v) is 1.98.